The monoisotopic (exact) mass is 487 g/mol. The molecule has 0 aliphatic carbocycles. The second-order valence-corrected chi connectivity index (χ2v) is 11.6. The van der Waals surface area contributed by atoms with Gasteiger partial charge in [-0.05, 0) is 61.6 Å². The van der Waals surface area contributed by atoms with Crippen LogP contribution in [0.2, 0.25) is 0 Å². The topological polar surface area (TPSA) is 81.0 Å². The second kappa shape index (κ2) is 9.40. The zero-order valence-electron chi connectivity index (χ0n) is 19.3. The fraction of sp³-hybridized carbons (Fsp3) is 0.417. The molecule has 4 rings (SSSR count). The molecule has 1 aliphatic heterocycles. The zero-order valence-corrected chi connectivity index (χ0v) is 20.9. The number of aromatic nitrogens is 1. The highest BCUT2D eigenvalue weighted by Crippen LogP contribution is 2.28. The molecule has 2 aromatic carbocycles. The Labute approximate surface area is 198 Å². The molecule has 176 valence electrons. The van der Waals surface area contributed by atoms with Crippen molar-refractivity contribution in [2.75, 3.05) is 20.2 Å². The maximum absolute atomic E-state index is 13.1. The van der Waals surface area contributed by atoms with Crippen molar-refractivity contribution >= 4 is 37.5 Å². The largest absolute Gasteiger partial charge is 0.495 e. The first kappa shape index (κ1) is 23.7. The molecular weight excluding hydrogens is 458 g/mol. The van der Waals surface area contributed by atoms with Gasteiger partial charge in [0.1, 0.15) is 11.3 Å². The molecule has 7 nitrogen and oxygen atoms in total. The molecule has 1 fully saturated rings. The molecule has 9 heteroatoms. The summed E-state index contributed by atoms with van der Waals surface area (Å²) in [6, 6.07) is 11.9. The number of sulfonamides is 1. The van der Waals surface area contributed by atoms with Gasteiger partial charge in [0.25, 0.3) is 5.91 Å². The van der Waals surface area contributed by atoms with Crippen LogP contribution in [0.5, 0.6) is 5.75 Å². The third-order valence-electron chi connectivity index (χ3n) is 5.97. The normalized spacial score (nSPS) is 20.3. The summed E-state index contributed by atoms with van der Waals surface area (Å²) in [5.74, 6) is 0.976. The molecule has 0 unspecified atom stereocenters. The van der Waals surface area contributed by atoms with Gasteiger partial charge in [-0.15, -0.1) is 0 Å². The molecule has 33 heavy (non-hydrogen) atoms. The number of thiazole rings is 1. The van der Waals surface area contributed by atoms with Crippen LogP contribution in [0.4, 0.5) is 0 Å². The number of benzene rings is 2. The van der Waals surface area contributed by atoms with E-state index in [2.05, 4.69) is 18.8 Å². The summed E-state index contributed by atoms with van der Waals surface area (Å²) < 4.78 is 36.2. The molecule has 3 aromatic rings. The molecule has 0 radical (unpaired) electrons. The number of aryl methyl sites for hydroxylation is 1. The van der Waals surface area contributed by atoms with Crippen molar-refractivity contribution in [2.45, 2.75) is 38.6 Å². The van der Waals surface area contributed by atoms with Gasteiger partial charge in [0.05, 0.1) is 16.7 Å². The average Bonchev–Trinajstić information content (AvgIpc) is 3.15. The highest BCUT2D eigenvalue weighted by Gasteiger charge is 2.31. The van der Waals surface area contributed by atoms with E-state index in [1.807, 2.05) is 29.7 Å². The van der Waals surface area contributed by atoms with Crippen molar-refractivity contribution in [2.24, 2.45) is 16.8 Å². The van der Waals surface area contributed by atoms with Gasteiger partial charge in [0.15, 0.2) is 4.80 Å². The molecule has 1 aliphatic rings. The third-order valence-corrected chi connectivity index (χ3v) is 8.86. The predicted molar refractivity (Wildman–Crippen MR) is 130 cm³/mol. The first-order chi connectivity index (χ1) is 15.7. The summed E-state index contributed by atoms with van der Waals surface area (Å²) in [5, 5.41) is 0. The van der Waals surface area contributed by atoms with Gasteiger partial charge in [-0.1, -0.05) is 31.3 Å². The molecule has 0 bridgehead atoms. The summed E-state index contributed by atoms with van der Waals surface area (Å²) in [5.41, 5.74) is 1.26. The number of ether oxygens (including phenoxy) is 1. The summed E-state index contributed by atoms with van der Waals surface area (Å²) >= 11 is 1.42. The molecule has 1 aromatic heterocycles. The van der Waals surface area contributed by atoms with Gasteiger partial charge in [-0.25, -0.2) is 8.42 Å². The lowest BCUT2D eigenvalue weighted by atomic mass is 9.94. The zero-order chi connectivity index (χ0) is 23.8. The molecule has 2 heterocycles. The minimum Gasteiger partial charge on any atom is -0.495 e. The number of piperidine rings is 1. The van der Waals surface area contributed by atoms with E-state index in [0.717, 1.165) is 22.4 Å². The standard InChI is InChI=1S/C24H29N3O4S2/c1-5-27-22-20(31-4)7-6-8-21(22)32-24(27)25-23(28)18-9-11-19(12-10-18)33(29,30)26-14-16(2)13-17(3)15-26/h6-12,16-17H,5,13-15H2,1-4H3/t16-,17-/m0/s1. The average molecular weight is 488 g/mol. The number of carbonyl (C=O) groups is 1. The number of nitrogens with zero attached hydrogens (tertiary/aromatic N) is 3. The molecule has 0 N–H and O–H groups in total. The highest BCUT2D eigenvalue weighted by molar-refractivity contribution is 7.89. The van der Waals surface area contributed by atoms with Crippen LogP contribution < -0.4 is 9.54 Å². The smallest absolute Gasteiger partial charge is 0.279 e. The molecule has 0 spiro atoms. The minimum absolute atomic E-state index is 0.204. The number of methoxy groups -OCH3 is 1. The maximum Gasteiger partial charge on any atom is 0.279 e. The quantitative estimate of drug-likeness (QED) is 0.542. The number of rotatable bonds is 5. The highest BCUT2D eigenvalue weighted by atomic mass is 32.2. The number of amides is 1. The van der Waals surface area contributed by atoms with E-state index in [1.54, 1.807) is 23.5 Å². The van der Waals surface area contributed by atoms with Crippen LogP contribution in [0.15, 0.2) is 52.4 Å². The Bertz CT molecular complexity index is 1330. The van der Waals surface area contributed by atoms with Crippen LogP contribution in [0, 0.1) is 11.8 Å². The fourth-order valence-corrected chi connectivity index (χ4v) is 7.30. The summed E-state index contributed by atoms with van der Waals surface area (Å²) in [4.78, 5) is 18.0. The molecule has 1 saturated heterocycles. The van der Waals surface area contributed by atoms with Gasteiger partial charge in [0.2, 0.25) is 10.0 Å². The van der Waals surface area contributed by atoms with E-state index in [1.165, 1.54) is 23.5 Å². The van der Waals surface area contributed by atoms with Crippen LogP contribution in [-0.4, -0.2) is 43.4 Å². The first-order valence-electron chi connectivity index (χ1n) is 11.1. The summed E-state index contributed by atoms with van der Waals surface area (Å²) in [6.07, 6.45) is 1.03. The number of fused-ring (bicyclic) bond motifs is 1. The lowest BCUT2D eigenvalue weighted by Crippen LogP contribution is -2.42. The fourth-order valence-electron chi connectivity index (χ4n) is 4.51. The third kappa shape index (κ3) is 4.62. The van der Waals surface area contributed by atoms with Gasteiger partial charge in [-0.3, -0.25) is 4.79 Å². The van der Waals surface area contributed by atoms with Crippen molar-refractivity contribution in [3.8, 4) is 5.75 Å². The Hall–Kier alpha value is -2.49. The number of para-hydroxylation sites is 1. The molecule has 1 amide bonds. The van der Waals surface area contributed by atoms with E-state index in [0.29, 0.717) is 41.8 Å². The van der Waals surface area contributed by atoms with Crippen molar-refractivity contribution in [1.82, 2.24) is 8.87 Å². The SMILES string of the molecule is CCn1c(=NC(=O)c2ccc(S(=O)(=O)N3C[C@@H](C)C[C@H](C)C3)cc2)sc2cccc(OC)c21. The van der Waals surface area contributed by atoms with E-state index >= 15 is 0 Å². The number of hydrogen-bond donors (Lipinski definition) is 0. The Morgan fingerprint density at radius 2 is 1.79 bits per heavy atom. The second-order valence-electron chi connectivity index (χ2n) is 8.65. The first-order valence-corrected chi connectivity index (χ1v) is 13.4. The minimum atomic E-state index is -3.59. The molecule has 2 atom stereocenters. The van der Waals surface area contributed by atoms with Crippen molar-refractivity contribution in [1.29, 1.82) is 0 Å². The van der Waals surface area contributed by atoms with Crippen molar-refractivity contribution in [3.63, 3.8) is 0 Å². The van der Waals surface area contributed by atoms with Crippen LogP contribution in [-0.2, 0) is 16.6 Å². The predicted octanol–water partition coefficient (Wildman–Crippen LogP) is 4.14. The van der Waals surface area contributed by atoms with Gasteiger partial charge < -0.3 is 9.30 Å². The van der Waals surface area contributed by atoms with Crippen LogP contribution >= 0.6 is 11.3 Å². The van der Waals surface area contributed by atoms with Crippen molar-refractivity contribution in [3.05, 3.63) is 52.8 Å². The lowest BCUT2D eigenvalue weighted by Gasteiger charge is -2.34. The van der Waals surface area contributed by atoms with E-state index in [4.69, 9.17) is 4.74 Å². The van der Waals surface area contributed by atoms with E-state index in [-0.39, 0.29) is 4.90 Å². The number of hydrogen-bond acceptors (Lipinski definition) is 5. The molecular formula is C24H29N3O4S2. The van der Waals surface area contributed by atoms with Crippen LogP contribution in [0.1, 0.15) is 37.6 Å². The molecule has 0 saturated carbocycles. The van der Waals surface area contributed by atoms with Gasteiger partial charge >= 0.3 is 0 Å². The van der Waals surface area contributed by atoms with E-state index in [9.17, 15) is 13.2 Å². The summed E-state index contributed by atoms with van der Waals surface area (Å²) in [7, 11) is -1.97. The lowest BCUT2D eigenvalue weighted by molar-refractivity contribution is 0.0997. The van der Waals surface area contributed by atoms with Gasteiger partial charge in [0, 0.05) is 25.2 Å². The Morgan fingerprint density at radius 3 is 2.39 bits per heavy atom. The summed E-state index contributed by atoms with van der Waals surface area (Å²) in [6.45, 7) is 7.83. The van der Waals surface area contributed by atoms with E-state index < -0.39 is 15.9 Å². The Kier molecular flexibility index (Phi) is 6.74. The Balaban J connectivity index is 1.64. The Morgan fingerprint density at radius 1 is 1.12 bits per heavy atom. The van der Waals surface area contributed by atoms with Crippen molar-refractivity contribution < 1.29 is 17.9 Å². The van der Waals surface area contributed by atoms with Gasteiger partial charge in [-0.2, -0.15) is 9.30 Å². The number of carbonyl (C=O) groups excluding carboxylic acids is 1. The van der Waals surface area contributed by atoms with Crippen LogP contribution in [0.3, 0.4) is 0 Å². The maximum atomic E-state index is 13.1. The van der Waals surface area contributed by atoms with Crippen LogP contribution in [0.25, 0.3) is 10.2 Å².